The van der Waals surface area contributed by atoms with Crippen molar-refractivity contribution in [1.29, 1.82) is 0 Å². The van der Waals surface area contributed by atoms with Crippen LogP contribution in [0.2, 0.25) is 5.02 Å². The highest BCUT2D eigenvalue weighted by molar-refractivity contribution is 7.89. The Morgan fingerprint density at radius 2 is 1.87 bits per heavy atom. The van der Waals surface area contributed by atoms with Crippen LogP contribution in [0, 0.1) is 0 Å². The molecule has 1 aliphatic rings. The summed E-state index contributed by atoms with van der Waals surface area (Å²) in [5.74, 6) is 0.268. The summed E-state index contributed by atoms with van der Waals surface area (Å²) in [6.07, 6.45) is 2.68. The average molecular weight is 453 g/mol. The molecule has 1 saturated heterocycles. The van der Waals surface area contributed by atoms with Crippen LogP contribution in [-0.2, 0) is 10.0 Å². The Morgan fingerprint density at radius 1 is 1.13 bits per heavy atom. The van der Waals surface area contributed by atoms with E-state index >= 15 is 0 Å². The average Bonchev–Trinajstić information content (AvgIpc) is 2.74. The smallest absolute Gasteiger partial charge is 0.255 e. The molecular formula is C21H25ClN2O5S. The predicted molar refractivity (Wildman–Crippen MR) is 116 cm³/mol. The Bertz CT molecular complexity index is 1040. The number of nitrogens with zero attached hydrogens (tertiary/aromatic N) is 1. The van der Waals surface area contributed by atoms with Gasteiger partial charge in [0.15, 0.2) is 0 Å². The maximum absolute atomic E-state index is 13.1. The van der Waals surface area contributed by atoms with Crippen molar-refractivity contribution < 1.29 is 22.7 Å². The molecule has 1 fully saturated rings. The maximum atomic E-state index is 13.1. The minimum absolute atomic E-state index is 0.0629. The fourth-order valence-electron chi connectivity index (χ4n) is 3.51. The first-order valence-electron chi connectivity index (χ1n) is 9.62. The topological polar surface area (TPSA) is 84.9 Å². The molecule has 0 aromatic heterocycles. The van der Waals surface area contributed by atoms with Crippen LogP contribution in [0.4, 0.5) is 5.69 Å². The van der Waals surface area contributed by atoms with E-state index in [2.05, 4.69) is 5.32 Å². The minimum Gasteiger partial charge on any atom is -0.495 e. The second-order valence-corrected chi connectivity index (χ2v) is 9.43. The summed E-state index contributed by atoms with van der Waals surface area (Å²) in [5.41, 5.74) is 0.582. The molecule has 1 N–H and O–H groups in total. The molecule has 2 aromatic carbocycles. The third-order valence-corrected chi connectivity index (χ3v) is 7.47. The van der Waals surface area contributed by atoms with E-state index in [0.29, 0.717) is 28.8 Å². The quantitative estimate of drug-likeness (QED) is 0.710. The Morgan fingerprint density at radius 3 is 2.53 bits per heavy atom. The van der Waals surface area contributed by atoms with Crippen molar-refractivity contribution >= 4 is 33.2 Å². The Balaban J connectivity index is 1.88. The van der Waals surface area contributed by atoms with Crippen LogP contribution in [0.15, 0.2) is 41.3 Å². The van der Waals surface area contributed by atoms with Crippen molar-refractivity contribution in [1.82, 2.24) is 4.31 Å². The number of anilines is 1. The first-order chi connectivity index (χ1) is 14.3. The lowest BCUT2D eigenvalue weighted by atomic mass is 10.1. The van der Waals surface area contributed by atoms with Gasteiger partial charge in [-0.15, -0.1) is 0 Å². The van der Waals surface area contributed by atoms with E-state index in [1.165, 1.54) is 36.7 Å². The minimum atomic E-state index is -3.68. The summed E-state index contributed by atoms with van der Waals surface area (Å²) >= 11 is 6.10. The molecule has 1 aliphatic heterocycles. The SMILES string of the molecule is COc1cc(NC(=O)c2cccc(S(=O)(=O)N3CCCCC3C)c2)c(OC)cc1Cl. The van der Waals surface area contributed by atoms with Gasteiger partial charge in [0, 0.05) is 30.3 Å². The number of benzene rings is 2. The third-order valence-electron chi connectivity index (χ3n) is 5.17. The van der Waals surface area contributed by atoms with Gasteiger partial charge in [0.2, 0.25) is 10.0 Å². The highest BCUT2D eigenvalue weighted by atomic mass is 35.5. The van der Waals surface area contributed by atoms with Crippen molar-refractivity contribution in [2.75, 3.05) is 26.1 Å². The van der Waals surface area contributed by atoms with Crippen molar-refractivity contribution in [3.05, 3.63) is 47.0 Å². The molecule has 1 unspecified atom stereocenters. The molecule has 1 amide bonds. The molecule has 9 heteroatoms. The van der Waals surface area contributed by atoms with Crippen LogP contribution in [0.25, 0.3) is 0 Å². The summed E-state index contributed by atoms with van der Waals surface area (Å²) in [4.78, 5) is 12.9. The molecule has 0 saturated carbocycles. The van der Waals surface area contributed by atoms with Gasteiger partial charge in [-0.05, 0) is 38.0 Å². The van der Waals surface area contributed by atoms with E-state index in [4.69, 9.17) is 21.1 Å². The maximum Gasteiger partial charge on any atom is 0.255 e. The van der Waals surface area contributed by atoms with Gasteiger partial charge in [0.25, 0.3) is 5.91 Å². The van der Waals surface area contributed by atoms with Gasteiger partial charge in [-0.2, -0.15) is 4.31 Å². The molecule has 0 radical (unpaired) electrons. The van der Waals surface area contributed by atoms with E-state index in [1.54, 1.807) is 18.2 Å². The number of hydrogen-bond donors (Lipinski definition) is 1. The van der Waals surface area contributed by atoms with E-state index in [-0.39, 0.29) is 16.5 Å². The molecule has 1 atom stereocenters. The zero-order chi connectivity index (χ0) is 21.9. The molecule has 30 heavy (non-hydrogen) atoms. The van der Waals surface area contributed by atoms with Gasteiger partial charge < -0.3 is 14.8 Å². The van der Waals surface area contributed by atoms with E-state index in [1.807, 2.05) is 6.92 Å². The summed E-state index contributed by atoms with van der Waals surface area (Å²) in [6.45, 7) is 2.40. The number of amides is 1. The molecule has 0 spiro atoms. The van der Waals surface area contributed by atoms with Gasteiger partial charge in [-0.25, -0.2) is 8.42 Å². The molecule has 2 aromatic rings. The molecule has 7 nitrogen and oxygen atoms in total. The van der Waals surface area contributed by atoms with Crippen LogP contribution in [0.5, 0.6) is 11.5 Å². The monoisotopic (exact) mass is 452 g/mol. The molecule has 0 aliphatic carbocycles. The second-order valence-electron chi connectivity index (χ2n) is 7.13. The summed E-state index contributed by atoms with van der Waals surface area (Å²) in [5, 5.41) is 3.08. The zero-order valence-corrected chi connectivity index (χ0v) is 18.7. The van der Waals surface area contributed by atoms with Crippen LogP contribution in [0.1, 0.15) is 36.5 Å². The zero-order valence-electron chi connectivity index (χ0n) is 17.1. The van der Waals surface area contributed by atoms with Crippen molar-refractivity contribution in [2.24, 2.45) is 0 Å². The van der Waals surface area contributed by atoms with Crippen molar-refractivity contribution in [3.63, 3.8) is 0 Å². The number of rotatable bonds is 6. The molecule has 0 bridgehead atoms. The number of hydrogen-bond acceptors (Lipinski definition) is 5. The Hall–Kier alpha value is -2.29. The lowest BCUT2D eigenvalue weighted by Crippen LogP contribution is -2.41. The van der Waals surface area contributed by atoms with Gasteiger partial charge in [-0.1, -0.05) is 24.1 Å². The van der Waals surface area contributed by atoms with E-state index < -0.39 is 15.9 Å². The summed E-state index contributed by atoms with van der Waals surface area (Å²) in [6, 6.07) is 9.06. The highest BCUT2D eigenvalue weighted by Gasteiger charge is 2.31. The lowest BCUT2D eigenvalue weighted by Gasteiger charge is -2.32. The van der Waals surface area contributed by atoms with Crippen LogP contribution >= 0.6 is 11.6 Å². The van der Waals surface area contributed by atoms with Gasteiger partial charge in [0.05, 0.1) is 29.8 Å². The normalized spacial score (nSPS) is 17.4. The highest BCUT2D eigenvalue weighted by Crippen LogP contribution is 2.36. The molecule has 162 valence electrons. The number of halogens is 1. The van der Waals surface area contributed by atoms with Gasteiger partial charge in [-0.3, -0.25) is 4.79 Å². The van der Waals surface area contributed by atoms with E-state index in [9.17, 15) is 13.2 Å². The van der Waals surface area contributed by atoms with Crippen molar-refractivity contribution in [2.45, 2.75) is 37.1 Å². The number of carbonyl (C=O) groups excluding carboxylic acids is 1. The second kappa shape index (κ2) is 9.24. The van der Waals surface area contributed by atoms with Gasteiger partial charge in [0.1, 0.15) is 11.5 Å². The fourth-order valence-corrected chi connectivity index (χ4v) is 5.49. The first kappa shape index (κ1) is 22.4. The largest absolute Gasteiger partial charge is 0.495 e. The Labute approximate surface area is 182 Å². The molecular weight excluding hydrogens is 428 g/mol. The predicted octanol–water partition coefficient (Wildman–Crippen LogP) is 4.17. The number of methoxy groups -OCH3 is 2. The number of carbonyl (C=O) groups is 1. The number of piperidine rings is 1. The number of sulfonamides is 1. The fraction of sp³-hybridized carbons (Fsp3) is 0.381. The summed E-state index contributed by atoms with van der Waals surface area (Å²) in [7, 11) is -0.751. The Kier molecular flexibility index (Phi) is 6.90. The third kappa shape index (κ3) is 4.55. The lowest BCUT2D eigenvalue weighted by molar-refractivity contribution is 0.102. The van der Waals surface area contributed by atoms with Crippen LogP contribution < -0.4 is 14.8 Å². The molecule has 1 heterocycles. The van der Waals surface area contributed by atoms with Gasteiger partial charge >= 0.3 is 0 Å². The van der Waals surface area contributed by atoms with E-state index in [0.717, 1.165) is 19.3 Å². The first-order valence-corrected chi connectivity index (χ1v) is 11.4. The van der Waals surface area contributed by atoms with Crippen molar-refractivity contribution in [3.8, 4) is 11.5 Å². The van der Waals surface area contributed by atoms with Crippen LogP contribution in [0.3, 0.4) is 0 Å². The van der Waals surface area contributed by atoms with Crippen LogP contribution in [-0.4, -0.2) is 45.4 Å². The number of ether oxygens (including phenoxy) is 2. The number of nitrogens with one attached hydrogen (secondary N) is 1. The molecule has 3 rings (SSSR count). The standard InChI is InChI=1S/C21H25ClN2O5S/c1-14-7-4-5-10-24(14)30(26,27)16-9-6-8-15(11-16)21(25)23-18-13-19(28-2)17(22)12-20(18)29-3/h6,8-9,11-14H,4-5,7,10H2,1-3H3,(H,23,25). The summed E-state index contributed by atoms with van der Waals surface area (Å²) < 4.78 is 38.2.